The Balaban J connectivity index is 1.47. The molecule has 0 radical (unpaired) electrons. The van der Waals surface area contributed by atoms with Gasteiger partial charge in [-0.3, -0.25) is 4.79 Å². The average molecular weight is 551 g/mol. The summed E-state index contributed by atoms with van der Waals surface area (Å²) in [5, 5.41) is 3.10. The number of ether oxygens (including phenoxy) is 2. The van der Waals surface area contributed by atoms with Crippen molar-refractivity contribution in [2.24, 2.45) is 0 Å². The van der Waals surface area contributed by atoms with Gasteiger partial charge in [-0.05, 0) is 23.8 Å². The number of hydrogen-bond donors (Lipinski definition) is 2. The van der Waals surface area contributed by atoms with Gasteiger partial charge in [0.05, 0.1) is 20.3 Å². The number of benzene rings is 2. The lowest BCUT2D eigenvalue weighted by atomic mass is 10.0. The lowest BCUT2D eigenvalue weighted by Crippen LogP contribution is -2.50. The Morgan fingerprint density at radius 1 is 1.05 bits per heavy atom. The van der Waals surface area contributed by atoms with E-state index in [0.717, 1.165) is 0 Å². The van der Waals surface area contributed by atoms with E-state index in [1.165, 1.54) is 44.6 Å². The molecule has 2 aromatic carbocycles. The number of halogens is 4. The summed E-state index contributed by atoms with van der Waals surface area (Å²) in [5.41, 5.74) is 6.65. The van der Waals surface area contributed by atoms with Crippen LogP contribution in [0.15, 0.2) is 30.3 Å². The summed E-state index contributed by atoms with van der Waals surface area (Å²) in [4.78, 5) is 25.2. The number of fused-ring (bicyclic) bond motifs is 1. The molecule has 1 amide bonds. The maximum atomic E-state index is 15.1. The zero-order valence-electron chi connectivity index (χ0n) is 21.6. The van der Waals surface area contributed by atoms with Gasteiger partial charge in [0.25, 0.3) is 0 Å². The topological polar surface area (TPSA) is 106 Å². The van der Waals surface area contributed by atoms with Crippen molar-refractivity contribution in [3.8, 4) is 11.5 Å². The monoisotopic (exact) mass is 550 g/mol. The third-order valence-electron chi connectivity index (χ3n) is 6.67. The molecule has 39 heavy (non-hydrogen) atoms. The quantitative estimate of drug-likeness (QED) is 0.371. The van der Waals surface area contributed by atoms with Crippen molar-refractivity contribution in [1.82, 2.24) is 20.2 Å². The molecule has 1 aliphatic rings. The Morgan fingerprint density at radius 2 is 1.72 bits per heavy atom. The van der Waals surface area contributed by atoms with Crippen molar-refractivity contribution in [3.05, 3.63) is 47.5 Å². The standard InChI is InChI=1S/C26H30F4N6O3/c1-38-20-11-18-23(22(30)24(20)39-2)33-26(34-25(18)31)36-9-7-35(8-10-36)21(37)12-19(32-17(13-27)14-28)15-3-5-16(29)6-4-15/h3-6,11,17,19,32H,7-10,12-14H2,1-2H3,(H2,31,33,34). The van der Waals surface area contributed by atoms with Crippen molar-refractivity contribution in [2.75, 3.05) is 64.4 Å². The Morgan fingerprint density at radius 3 is 2.31 bits per heavy atom. The largest absolute Gasteiger partial charge is 0.493 e. The molecular formula is C26H30F4N6O3. The smallest absolute Gasteiger partial charge is 0.228 e. The highest BCUT2D eigenvalue weighted by atomic mass is 19.1. The van der Waals surface area contributed by atoms with Gasteiger partial charge in [0.15, 0.2) is 17.3 Å². The third-order valence-corrected chi connectivity index (χ3v) is 6.67. The van der Waals surface area contributed by atoms with Gasteiger partial charge >= 0.3 is 0 Å². The molecule has 1 fully saturated rings. The summed E-state index contributed by atoms with van der Waals surface area (Å²) in [6, 6.07) is 5.15. The van der Waals surface area contributed by atoms with Crippen molar-refractivity contribution in [3.63, 3.8) is 0 Å². The van der Waals surface area contributed by atoms with Gasteiger partial charge in [-0.25, -0.2) is 22.5 Å². The first-order chi connectivity index (χ1) is 18.8. The van der Waals surface area contributed by atoms with Crippen molar-refractivity contribution < 1.29 is 31.8 Å². The van der Waals surface area contributed by atoms with Gasteiger partial charge in [-0.1, -0.05) is 12.1 Å². The molecule has 0 saturated carbocycles. The summed E-state index contributed by atoms with van der Waals surface area (Å²) in [6.45, 7) is -0.597. The first-order valence-corrected chi connectivity index (χ1v) is 12.3. The van der Waals surface area contributed by atoms with Gasteiger partial charge in [0.1, 0.15) is 30.5 Å². The zero-order valence-corrected chi connectivity index (χ0v) is 21.6. The molecule has 0 bridgehead atoms. The van der Waals surface area contributed by atoms with Crippen LogP contribution in [-0.2, 0) is 4.79 Å². The summed E-state index contributed by atoms with van der Waals surface area (Å²) in [5.74, 6) is -1.09. The van der Waals surface area contributed by atoms with Gasteiger partial charge in [0.2, 0.25) is 11.9 Å². The molecule has 210 valence electrons. The highest BCUT2D eigenvalue weighted by molar-refractivity contribution is 5.92. The number of nitrogens with two attached hydrogens (primary N) is 1. The first kappa shape index (κ1) is 28.1. The van der Waals surface area contributed by atoms with Gasteiger partial charge < -0.3 is 30.3 Å². The van der Waals surface area contributed by atoms with E-state index in [0.29, 0.717) is 31.7 Å². The number of anilines is 2. The van der Waals surface area contributed by atoms with Crippen molar-refractivity contribution >= 4 is 28.6 Å². The number of methoxy groups -OCH3 is 2. The number of nitrogen functional groups attached to an aromatic ring is 1. The van der Waals surface area contributed by atoms with Crippen LogP contribution < -0.4 is 25.4 Å². The second-order valence-electron chi connectivity index (χ2n) is 9.08. The van der Waals surface area contributed by atoms with E-state index in [9.17, 15) is 18.0 Å². The molecule has 1 saturated heterocycles. The Hall–Kier alpha value is -3.87. The van der Waals surface area contributed by atoms with Gasteiger partial charge in [-0.2, -0.15) is 4.98 Å². The van der Waals surface area contributed by atoms with Gasteiger partial charge in [-0.15, -0.1) is 0 Å². The van der Waals surface area contributed by atoms with E-state index < -0.39 is 37.1 Å². The molecule has 0 aliphatic carbocycles. The zero-order chi connectivity index (χ0) is 28.1. The molecule has 3 N–H and O–H groups in total. The summed E-state index contributed by atoms with van der Waals surface area (Å²) < 4.78 is 65.3. The molecule has 1 unspecified atom stereocenters. The Kier molecular flexibility index (Phi) is 8.90. The lowest BCUT2D eigenvalue weighted by molar-refractivity contribution is -0.132. The van der Waals surface area contributed by atoms with Crippen LogP contribution in [0.1, 0.15) is 18.0 Å². The normalized spacial score (nSPS) is 14.6. The number of hydrogen-bond acceptors (Lipinski definition) is 8. The van der Waals surface area contributed by atoms with Crippen molar-refractivity contribution in [2.45, 2.75) is 18.5 Å². The minimum Gasteiger partial charge on any atom is -0.493 e. The molecule has 4 rings (SSSR count). The number of carbonyl (C=O) groups excluding carboxylic acids is 1. The minimum atomic E-state index is -1.08. The number of piperazine rings is 1. The molecule has 0 spiro atoms. The van der Waals surface area contributed by atoms with Crippen LogP contribution in [0.3, 0.4) is 0 Å². The van der Waals surface area contributed by atoms with Crippen LogP contribution >= 0.6 is 0 Å². The lowest BCUT2D eigenvalue weighted by Gasteiger charge is -2.36. The number of carbonyl (C=O) groups is 1. The summed E-state index contributed by atoms with van der Waals surface area (Å²) in [7, 11) is 2.70. The molecular weight excluding hydrogens is 520 g/mol. The maximum Gasteiger partial charge on any atom is 0.228 e. The predicted octanol–water partition coefficient (Wildman–Crippen LogP) is 3.18. The number of amides is 1. The fourth-order valence-corrected chi connectivity index (χ4v) is 4.52. The fraction of sp³-hybridized carbons (Fsp3) is 0.423. The van der Waals surface area contributed by atoms with E-state index in [2.05, 4.69) is 15.3 Å². The molecule has 3 aromatic rings. The number of aromatic nitrogens is 2. The highest BCUT2D eigenvalue weighted by Crippen LogP contribution is 2.37. The predicted molar refractivity (Wildman–Crippen MR) is 138 cm³/mol. The first-order valence-electron chi connectivity index (χ1n) is 12.3. The van der Waals surface area contributed by atoms with E-state index in [-0.39, 0.29) is 46.5 Å². The van der Waals surface area contributed by atoms with Crippen LogP contribution in [0.4, 0.5) is 29.3 Å². The van der Waals surface area contributed by atoms with Crippen LogP contribution in [0.25, 0.3) is 10.9 Å². The molecule has 1 aromatic heterocycles. The number of alkyl halides is 2. The second kappa shape index (κ2) is 12.3. The minimum absolute atomic E-state index is 0.0165. The van der Waals surface area contributed by atoms with Crippen LogP contribution in [0.5, 0.6) is 11.5 Å². The number of nitrogens with one attached hydrogen (secondary N) is 1. The van der Waals surface area contributed by atoms with Gasteiger partial charge in [0, 0.05) is 44.0 Å². The maximum absolute atomic E-state index is 15.1. The summed E-state index contributed by atoms with van der Waals surface area (Å²) in [6.07, 6.45) is -0.0750. The van der Waals surface area contributed by atoms with E-state index in [1.54, 1.807) is 9.80 Å². The molecule has 2 heterocycles. The highest BCUT2D eigenvalue weighted by Gasteiger charge is 2.28. The third kappa shape index (κ3) is 6.08. The van der Waals surface area contributed by atoms with Crippen LogP contribution in [0.2, 0.25) is 0 Å². The SMILES string of the molecule is COc1cc2c(N)nc(N3CCN(C(=O)CC(NC(CF)CF)c4ccc(F)cc4)CC3)nc2c(F)c1OC. The van der Waals surface area contributed by atoms with Crippen LogP contribution in [-0.4, -0.2) is 80.6 Å². The Labute approximate surface area is 222 Å². The molecule has 1 aliphatic heterocycles. The average Bonchev–Trinajstić information content (AvgIpc) is 2.95. The van der Waals surface area contributed by atoms with Crippen molar-refractivity contribution in [1.29, 1.82) is 0 Å². The molecule has 9 nitrogen and oxygen atoms in total. The fourth-order valence-electron chi connectivity index (χ4n) is 4.52. The van der Waals surface area contributed by atoms with E-state index in [4.69, 9.17) is 15.2 Å². The van der Waals surface area contributed by atoms with E-state index >= 15 is 4.39 Å². The number of rotatable bonds is 10. The molecule has 1 atom stereocenters. The summed E-state index contributed by atoms with van der Waals surface area (Å²) >= 11 is 0. The Bertz CT molecular complexity index is 1300. The number of nitrogens with zero attached hydrogens (tertiary/aromatic N) is 4. The van der Waals surface area contributed by atoms with Crippen LogP contribution in [0, 0.1) is 11.6 Å². The second-order valence-corrected chi connectivity index (χ2v) is 9.08. The molecule has 13 heteroatoms. The van der Waals surface area contributed by atoms with E-state index in [1.807, 2.05) is 0 Å².